The van der Waals surface area contributed by atoms with E-state index < -0.39 is 16.1 Å². The van der Waals surface area contributed by atoms with Crippen molar-refractivity contribution in [3.05, 3.63) is 45.9 Å². The van der Waals surface area contributed by atoms with Gasteiger partial charge in [-0.25, -0.2) is 9.78 Å². The van der Waals surface area contributed by atoms with Crippen molar-refractivity contribution in [1.82, 2.24) is 4.98 Å². The number of esters is 1. The summed E-state index contributed by atoms with van der Waals surface area (Å²) in [4.78, 5) is 16.7. The average Bonchev–Trinajstić information content (AvgIpc) is 3.11. The van der Waals surface area contributed by atoms with Crippen LogP contribution in [0.25, 0.3) is 0 Å². The minimum Gasteiger partial charge on any atom is -0.591 e. The van der Waals surface area contributed by atoms with Crippen molar-refractivity contribution in [1.29, 1.82) is 0 Å². The van der Waals surface area contributed by atoms with Crippen molar-refractivity contribution in [3.63, 3.8) is 0 Å². The molecule has 0 amide bonds. The van der Waals surface area contributed by atoms with Crippen LogP contribution in [-0.4, -0.2) is 32.6 Å². The van der Waals surface area contributed by atoms with Gasteiger partial charge in [0.05, 0.1) is 12.8 Å². The van der Waals surface area contributed by atoms with Crippen molar-refractivity contribution in [2.75, 3.05) is 6.61 Å². The Morgan fingerprint density at radius 2 is 2.19 bits per heavy atom. The molecule has 1 aromatic carbocycles. The number of benzene rings is 1. The van der Waals surface area contributed by atoms with E-state index in [1.165, 1.54) is 17.5 Å². The fourth-order valence-corrected chi connectivity index (χ4v) is 3.97. The highest BCUT2D eigenvalue weighted by Gasteiger charge is 2.33. The van der Waals surface area contributed by atoms with Crippen LogP contribution in [0.5, 0.6) is 5.75 Å². The quantitative estimate of drug-likeness (QED) is 0.564. The molecule has 144 valence electrons. The molecule has 1 aliphatic rings. The van der Waals surface area contributed by atoms with E-state index in [1.807, 2.05) is 45.0 Å². The largest absolute Gasteiger partial charge is 0.591 e. The van der Waals surface area contributed by atoms with Crippen LogP contribution in [0.1, 0.15) is 60.5 Å². The van der Waals surface area contributed by atoms with Gasteiger partial charge in [0.15, 0.2) is 6.10 Å². The molecule has 1 unspecified atom stereocenters. The lowest BCUT2D eigenvalue weighted by Gasteiger charge is -2.26. The van der Waals surface area contributed by atoms with Crippen LogP contribution in [0.15, 0.2) is 34.9 Å². The van der Waals surface area contributed by atoms with Crippen molar-refractivity contribution in [2.24, 2.45) is 4.40 Å². The zero-order chi connectivity index (χ0) is 19.6. The smallest absolute Gasteiger partial charge is 0.349 e. The van der Waals surface area contributed by atoms with Crippen LogP contribution in [0.3, 0.4) is 0 Å². The zero-order valence-electron chi connectivity index (χ0n) is 15.7. The van der Waals surface area contributed by atoms with E-state index in [0.717, 1.165) is 11.3 Å². The van der Waals surface area contributed by atoms with E-state index in [0.29, 0.717) is 28.7 Å². The van der Waals surface area contributed by atoms with E-state index >= 15 is 0 Å². The zero-order valence-corrected chi connectivity index (χ0v) is 17.4. The molecule has 2 heterocycles. The molecule has 1 aromatic heterocycles. The first-order valence-electron chi connectivity index (χ1n) is 8.68. The Morgan fingerprint density at radius 1 is 1.44 bits per heavy atom. The minimum absolute atomic E-state index is 0.314. The van der Waals surface area contributed by atoms with Crippen molar-refractivity contribution < 1.29 is 18.8 Å². The topological polar surface area (TPSA) is 83.8 Å². The summed E-state index contributed by atoms with van der Waals surface area (Å²) < 4.78 is 27.7. The lowest BCUT2D eigenvalue weighted by Crippen LogP contribution is -2.29. The highest BCUT2D eigenvalue weighted by Crippen LogP contribution is 2.37. The van der Waals surface area contributed by atoms with E-state index in [4.69, 9.17) is 9.47 Å². The first kappa shape index (κ1) is 19.9. The lowest BCUT2D eigenvalue weighted by atomic mass is 10.0. The molecule has 0 fully saturated rings. The molecule has 2 atom stereocenters. The number of aromatic nitrogens is 1. The Morgan fingerprint density at radius 3 is 2.89 bits per heavy atom. The van der Waals surface area contributed by atoms with E-state index in [1.54, 1.807) is 6.92 Å². The molecule has 1 aliphatic heterocycles. The second-order valence-corrected chi connectivity index (χ2v) is 9.96. The summed E-state index contributed by atoms with van der Waals surface area (Å²) in [5.74, 6) is 0.284. The summed E-state index contributed by atoms with van der Waals surface area (Å²) in [6.45, 7) is 7.75. The number of hydrogen-bond donors (Lipinski definition) is 0. The summed E-state index contributed by atoms with van der Waals surface area (Å²) in [6.07, 6.45) is 1.56. The molecule has 0 saturated heterocycles. The fourth-order valence-electron chi connectivity index (χ4n) is 2.48. The molecule has 0 aliphatic carbocycles. The van der Waals surface area contributed by atoms with Crippen LogP contribution in [0, 0.1) is 0 Å². The first-order valence-corrected chi connectivity index (χ1v) is 10.6. The van der Waals surface area contributed by atoms with E-state index in [-0.39, 0.29) is 12.1 Å². The monoisotopic (exact) mass is 406 g/mol. The van der Waals surface area contributed by atoms with Crippen LogP contribution < -0.4 is 4.74 Å². The molecule has 0 radical (unpaired) electrons. The summed E-state index contributed by atoms with van der Waals surface area (Å²) in [7, 11) is 0. The SMILES string of the molecule is CCOC(=O)c1cnc([C@H]2C/C(=N/[S+]([O-])C(C)(C)C)c3ccccc3O2)s1. The Hall–Kier alpha value is -1.90. The molecule has 27 heavy (non-hydrogen) atoms. The Balaban J connectivity index is 1.92. The number of rotatable bonds is 4. The van der Waals surface area contributed by atoms with Gasteiger partial charge in [0.1, 0.15) is 37.5 Å². The summed E-state index contributed by atoms with van der Waals surface area (Å²) >= 11 is -0.130. The molecule has 0 spiro atoms. The average molecular weight is 407 g/mol. The number of nitrogens with zero attached hydrogens (tertiary/aromatic N) is 2. The van der Waals surface area contributed by atoms with Gasteiger partial charge < -0.3 is 14.0 Å². The number of ether oxygens (including phenoxy) is 2. The summed E-state index contributed by atoms with van der Waals surface area (Å²) in [6, 6.07) is 7.55. The fraction of sp³-hybridized carbons (Fsp3) is 0.421. The van der Waals surface area contributed by atoms with Gasteiger partial charge >= 0.3 is 5.97 Å². The third-order valence-electron chi connectivity index (χ3n) is 3.84. The van der Waals surface area contributed by atoms with Gasteiger partial charge in [0, 0.05) is 12.0 Å². The third-order valence-corrected chi connectivity index (χ3v) is 6.34. The van der Waals surface area contributed by atoms with Gasteiger partial charge in [-0.3, -0.25) is 0 Å². The standard InChI is InChI=1S/C19H22N2O4S2/c1-5-24-18(22)16-11-20-17(26-16)15-10-13(21-27(23)19(2,3)4)12-8-6-7-9-14(12)25-15/h6-9,11,15H,5,10H2,1-4H3/b21-13-/t15-,27?/m1/s1. The number of hydrogen-bond acceptors (Lipinski definition) is 7. The summed E-state index contributed by atoms with van der Waals surface area (Å²) in [5.41, 5.74) is 1.57. The molecule has 2 aromatic rings. The number of para-hydroxylation sites is 1. The van der Waals surface area contributed by atoms with E-state index in [9.17, 15) is 9.35 Å². The molecule has 0 bridgehead atoms. The molecular weight excluding hydrogens is 384 g/mol. The van der Waals surface area contributed by atoms with Gasteiger partial charge in [-0.15, -0.1) is 11.3 Å². The maximum absolute atomic E-state index is 12.6. The van der Waals surface area contributed by atoms with Crippen LogP contribution >= 0.6 is 11.3 Å². The molecule has 8 heteroatoms. The second-order valence-electron chi connectivity index (χ2n) is 6.99. The lowest BCUT2D eigenvalue weighted by molar-refractivity contribution is 0.0532. The molecule has 0 N–H and O–H groups in total. The van der Waals surface area contributed by atoms with Crippen LogP contribution in [0.2, 0.25) is 0 Å². The van der Waals surface area contributed by atoms with Crippen LogP contribution in [-0.2, 0) is 16.1 Å². The molecule has 0 saturated carbocycles. The third kappa shape index (κ3) is 4.51. The van der Waals surface area contributed by atoms with Gasteiger partial charge in [-0.2, -0.15) is 0 Å². The van der Waals surface area contributed by atoms with Gasteiger partial charge in [-0.05, 0) is 39.8 Å². The van der Waals surface area contributed by atoms with Crippen molar-refractivity contribution >= 4 is 34.4 Å². The number of thiazole rings is 1. The van der Waals surface area contributed by atoms with Crippen molar-refractivity contribution in [3.8, 4) is 5.75 Å². The van der Waals surface area contributed by atoms with Crippen molar-refractivity contribution in [2.45, 2.75) is 45.0 Å². The molecule has 3 rings (SSSR count). The highest BCUT2D eigenvalue weighted by molar-refractivity contribution is 7.91. The number of carbonyl (C=O) groups is 1. The highest BCUT2D eigenvalue weighted by atomic mass is 32.2. The molecule has 6 nitrogen and oxygen atoms in total. The summed E-state index contributed by atoms with van der Waals surface area (Å²) in [5, 5.41) is 0.668. The maximum atomic E-state index is 12.6. The normalized spacial score (nSPS) is 19.3. The Kier molecular flexibility index (Phi) is 5.88. The maximum Gasteiger partial charge on any atom is 0.349 e. The van der Waals surface area contributed by atoms with Crippen LogP contribution in [0.4, 0.5) is 0 Å². The van der Waals surface area contributed by atoms with Gasteiger partial charge in [-0.1, -0.05) is 16.5 Å². The Labute approximate surface area is 166 Å². The predicted molar refractivity (Wildman–Crippen MR) is 107 cm³/mol. The first-order chi connectivity index (χ1) is 12.8. The number of fused-ring (bicyclic) bond motifs is 1. The second kappa shape index (κ2) is 8.00. The predicted octanol–water partition coefficient (Wildman–Crippen LogP) is 4.09. The van der Waals surface area contributed by atoms with Gasteiger partial charge in [0.25, 0.3) is 0 Å². The van der Waals surface area contributed by atoms with E-state index in [2.05, 4.69) is 9.38 Å². The minimum atomic E-state index is -1.38. The van der Waals surface area contributed by atoms with Gasteiger partial charge in [0.2, 0.25) is 0 Å². The number of carbonyl (C=O) groups excluding carboxylic acids is 1. The molecular formula is C19H22N2O4S2. The Bertz CT molecular complexity index is 857.